The number of hydrogen-bond acceptors (Lipinski definition) is 4. The van der Waals surface area contributed by atoms with E-state index >= 15 is 0 Å². The van der Waals surface area contributed by atoms with Gasteiger partial charge in [0.1, 0.15) is 17.7 Å². The fourth-order valence-corrected chi connectivity index (χ4v) is 1.59. The number of hydrogen-bond donors (Lipinski definition) is 2. The predicted octanol–water partition coefficient (Wildman–Crippen LogP) is 1.89. The number of nitrogens with zero attached hydrogens (tertiary/aromatic N) is 2. The van der Waals surface area contributed by atoms with E-state index < -0.39 is 5.91 Å². The van der Waals surface area contributed by atoms with Crippen molar-refractivity contribution in [1.82, 2.24) is 0 Å². The molecule has 0 heterocycles. The van der Waals surface area contributed by atoms with Gasteiger partial charge >= 0.3 is 0 Å². The first kappa shape index (κ1) is 12.8. The van der Waals surface area contributed by atoms with Gasteiger partial charge in [0.2, 0.25) is 0 Å². The summed E-state index contributed by atoms with van der Waals surface area (Å²) in [5, 5.41) is 19.8. The van der Waals surface area contributed by atoms with Gasteiger partial charge in [0.05, 0.1) is 11.3 Å². The number of carbonyl (C=O) groups is 1. The zero-order valence-electron chi connectivity index (χ0n) is 8.57. The zero-order valence-corrected chi connectivity index (χ0v) is 10.2. The van der Waals surface area contributed by atoms with E-state index in [9.17, 15) is 4.79 Å². The number of nitrogens with two attached hydrogens (primary N) is 1. The number of benzene rings is 1. The molecular weight excluding hydrogens is 284 g/mol. The second kappa shape index (κ2) is 5.69. The van der Waals surface area contributed by atoms with E-state index in [4.69, 9.17) is 16.3 Å². The molecule has 0 aliphatic carbocycles. The van der Waals surface area contributed by atoms with Gasteiger partial charge in [0.15, 0.2) is 0 Å². The molecule has 17 heavy (non-hydrogen) atoms. The summed E-state index contributed by atoms with van der Waals surface area (Å²) in [5.41, 5.74) is 5.79. The number of anilines is 1. The van der Waals surface area contributed by atoms with Crippen molar-refractivity contribution in [2.45, 2.75) is 0 Å². The Hall–Kier alpha value is -2.31. The second-order valence-electron chi connectivity index (χ2n) is 2.95. The number of primary amides is 1. The standard InChI is InChI=1S/C11H7BrN4O/c12-9-3-1-2-8(11(15)17)10(9)16-6-7(4-13)5-14/h1-3,6,16H,(H2,15,17). The molecule has 0 saturated heterocycles. The van der Waals surface area contributed by atoms with E-state index in [0.29, 0.717) is 10.2 Å². The fraction of sp³-hybridized carbons (Fsp3) is 0. The summed E-state index contributed by atoms with van der Waals surface area (Å²) in [6, 6.07) is 8.31. The van der Waals surface area contributed by atoms with Crippen LogP contribution in [0.3, 0.4) is 0 Å². The van der Waals surface area contributed by atoms with E-state index in [-0.39, 0.29) is 11.1 Å². The molecule has 1 aromatic rings. The lowest BCUT2D eigenvalue weighted by molar-refractivity contribution is 0.100. The minimum Gasteiger partial charge on any atom is -0.366 e. The Bertz CT molecular complexity index is 550. The summed E-state index contributed by atoms with van der Waals surface area (Å²) in [4.78, 5) is 11.2. The highest BCUT2D eigenvalue weighted by atomic mass is 79.9. The first-order valence-electron chi connectivity index (χ1n) is 4.45. The topological polar surface area (TPSA) is 103 Å². The molecule has 0 unspecified atom stereocenters. The highest BCUT2D eigenvalue weighted by Crippen LogP contribution is 2.26. The van der Waals surface area contributed by atoms with E-state index in [1.54, 1.807) is 30.3 Å². The number of allylic oxidation sites excluding steroid dienone is 1. The molecule has 0 aromatic heterocycles. The molecule has 0 radical (unpaired) electrons. The molecule has 84 valence electrons. The lowest BCUT2D eigenvalue weighted by atomic mass is 10.1. The zero-order chi connectivity index (χ0) is 12.8. The maximum Gasteiger partial charge on any atom is 0.250 e. The number of rotatable bonds is 3. The van der Waals surface area contributed by atoms with Gasteiger partial charge in [0, 0.05) is 10.7 Å². The van der Waals surface area contributed by atoms with Crippen LogP contribution in [0.1, 0.15) is 10.4 Å². The number of nitrogens with one attached hydrogen (secondary N) is 1. The van der Waals surface area contributed by atoms with Crippen molar-refractivity contribution in [1.29, 1.82) is 10.5 Å². The van der Waals surface area contributed by atoms with E-state index in [0.717, 1.165) is 0 Å². The Morgan fingerprint density at radius 2 is 2.06 bits per heavy atom. The average Bonchev–Trinajstić information content (AvgIpc) is 2.31. The van der Waals surface area contributed by atoms with Crippen LogP contribution in [0.15, 0.2) is 34.4 Å². The number of para-hydroxylation sites is 1. The van der Waals surface area contributed by atoms with E-state index in [1.165, 1.54) is 6.20 Å². The Balaban J connectivity index is 3.16. The van der Waals surface area contributed by atoms with Crippen molar-refractivity contribution >= 4 is 27.5 Å². The third-order valence-electron chi connectivity index (χ3n) is 1.88. The van der Waals surface area contributed by atoms with Crippen molar-refractivity contribution in [3.05, 3.63) is 40.0 Å². The summed E-state index contributed by atoms with van der Waals surface area (Å²) >= 11 is 3.24. The molecule has 5 nitrogen and oxygen atoms in total. The first-order chi connectivity index (χ1) is 8.10. The quantitative estimate of drug-likeness (QED) is 0.830. The molecular formula is C11H7BrN4O. The van der Waals surface area contributed by atoms with Crippen LogP contribution in [0.5, 0.6) is 0 Å². The van der Waals surface area contributed by atoms with Crippen LogP contribution in [-0.2, 0) is 0 Å². The molecule has 1 amide bonds. The Kier molecular flexibility index (Phi) is 4.27. The van der Waals surface area contributed by atoms with Crippen LogP contribution >= 0.6 is 15.9 Å². The van der Waals surface area contributed by atoms with Crippen LogP contribution in [0.4, 0.5) is 5.69 Å². The van der Waals surface area contributed by atoms with Crippen molar-refractivity contribution < 1.29 is 4.79 Å². The van der Waals surface area contributed by atoms with E-state index in [2.05, 4.69) is 21.2 Å². The van der Waals surface area contributed by atoms with Gasteiger partial charge in [-0.1, -0.05) is 6.07 Å². The summed E-state index contributed by atoms with van der Waals surface area (Å²) in [7, 11) is 0. The Morgan fingerprint density at radius 1 is 1.41 bits per heavy atom. The molecule has 0 bridgehead atoms. The van der Waals surface area contributed by atoms with Gasteiger partial charge in [-0.15, -0.1) is 0 Å². The SMILES string of the molecule is N#CC(C#N)=CNc1c(Br)cccc1C(N)=O. The van der Waals surface area contributed by atoms with Gasteiger partial charge < -0.3 is 11.1 Å². The molecule has 0 aliphatic rings. The van der Waals surface area contributed by atoms with Crippen molar-refractivity contribution in [3.63, 3.8) is 0 Å². The van der Waals surface area contributed by atoms with Crippen LogP contribution < -0.4 is 11.1 Å². The summed E-state index contributed by atoms with van der Waals surface area (Å²) in [5.74, 6) is -0.599. The van der Waals surface area contributed by atoms with Crippen LogP contribution in [0, 0.1) is 22.7 Å². The largest absolute Gasteiger partial charge is 0.366 e. The highest BCUT2D eigenvalue weighted by Gasteiger charge is 2.10. The van der Waals surface area contributed by atoms with E-state index in [1.807, 2.05) is 0 Å². The minimum atomic E-state index is -0.599. The third-order valence-corrected chi connectivity index (χ3v) is 2.54. The van der Waals surface area contributed by atoms with Gasteiger partial charge in [-0.05, 0) is 28.1 Å². The monoisotopic (exact) mass is 290 g/mol. The number of halogens is 1. The van der Waals surface area contributed by atoms with Crippen LogP contribution in [0.25, 0.3) is 0 Å². The molecule has 0 spiro atoms. The lowest BCUT2D eigenvalue weighted by Gasteiger charge is -2.08. The van der Waals surface area contributed by atoms with Crippen LogP contribution in [-0.4, -0.2) is 5.91 Å². The van der Waals surface area contributed by atoms with Crippen LogP contribution in [0.2, 0.25) is 0 Å². The molecule has 0 saturated carbocycles. The maximum atomic E-state index is 11.2. The summed E-state index contributed by atoms with van der Waals surface area (Å²) in [6.07, 6.45) is 1.21. The predicted molar refractivity (Wildman–Crippen MR) is 65.6 cm³/mol. The van der Waals surface area contributed by atoms with Gasteiger partial charge in [-0.3, -0.25) is 4.79 Å². The smallest absolute Gasteiger partial charge is 0.250 e. The number of nitriles is 2. The lowest BCUT2D eigenvalue weighted by Crippen LogP contribution is -2.13. The first-order valence-corrected chi connectivity index (χ1v) is 5.24. The Morgan fingerprint density at radius 3 is 2.59 bits per heavy atom. The Labute approximate surface area is 106 Å². The summed E-state index contributed by atoms with van der Waals surface area (Å²) < 4.78 is 0.611. The average molecular weight is 291 g/mol. The van der Waals surface area contributed by atoms with Gasteiger partial charge in [0.25, 0.3) is 5.91 Å². The molecule has 0 fully saturated rings. The normalized spacial score (nSPS) is 8.65. The van der Waals surface area contributed by atoms with Gasteiger partial charge in [-0.2, -0.15) is 10.5 Å². The molecule has 1 aromatic carbocycles. The second-order valence-corrected chi connectivity index (χ2v) is 3.81. The van der Waals surface area contributed by atoms with Crippen molar-refractivity contribution in [2.24, 2.45) is 5.73 Å². The summed E-state index contributed by atoms with van der Waals surface area (Å²) in [6.45, 7) is 0. The molecule has 0 aliphatic heterocycles. The number of carbonyl (C=O) groups excluding carboxylic acids is 1. The highest BCUT2D eigenvalue weighted by molar-refractivity contribution is 9.10. The molecule has 3 N–H and O–H groups in total. The van der Waals surface area contributed by atoms with Gasteiger partial charge in [-0.25, -0.2) is 0 Å². The van der Waals surface area contributed by atoms with Crippen molar-refractivity contribution in [2.75, 3.05) is 5.32 Å². The molecule has 0 atom stereocenters. The van der Waals surface area contributed by atoms with Crippen molar-refractivity contribution in [3.8, 4) is 12.1 Å². The third kappa shape index (κ3) is 3.07. The molecule has 6 heteroatoms. The number of amides is 1. The fourth-order valence-electron chi connectivity index (χ4n) is 1.11. The minimum absolute atomic E-state index is 0.101. The molecule has 1 rings (SSSR count). The maximum absolute atomic E-state index is 11.2.